The summed E-state index contributed by atoms with van der Waals surface area (Å²) in [6.07, 6.45) is -2.62. The van der Waals surface area contributed by atoms with Crippen LogP contribution in [0.1, 0.15) is 10.4 Å². The fraction of sp³-hybridized carbons (Fsp3) is 0.222. The average molecular weight is 234 g/mol. The van der Waals surface area contributed by atoms with Crippen molar-refractivity contribution in [3.8, 4) is 0 Å². The Bertz CT molecular complexity index is 454. The zero-order valence-electron chi connectivity index (χ0n) is 7.56. The highest BCUT2D eigenvalue weighted by Crippen LogP contribution is 2.17. The predicted molar refractivity (Wildman–Crippen MR) is 49.9 cm³/mol. The molecule has 1 rings (SSSR count). The van der Waals surface area contributed by atoms with Crippen LogP contribution in [0.4, 0.5) is 8.78 Å². The molecule has 82 valence electrons. The summed E-state index contributed by atoms with van der Waals surface area (Å²) in [5.74, 6) is -1.27. The molecular formula is C9H8F2O3S. The predicted octanol–water partition coefficient (Wildman–Crippen LogP) is 1.54. The van der Waals surface area contributed by atoms with Crippen LogP contribution >= 0.6 is 0 Å². The highest BCUT2D eigenvalue weighted by atomic mass is 32.2. The van der Waals surface area contributed by atoms with E-state index in [0.29, 0.717) is 6.29 Å². The van der Waals surface area contributed by atoms with Crippen molar-refractivity contribution in [3.05, 3.63) is 29.8 Å². The highest BCUT2D eigenvalue weighted by Gasteiger charge is 2.22. The van der Waals surface area contributed by atoms with E-state index >= 15 is 0 Å². The van der Waals surface area contributed by atoms with E-state index in [9.17, 15) is 22.0 Å². The van der Waals surface area contributed by atoms with Gasteiger partial charge in [0.1, 0.15) is 5.75 Å². The van der Waals surface area contributed by atoms with Gasteiger partial charge in [-0.25, -0.2) is 17.2 Å². The average Bonchev–Trinajstić information content (AvgIpc) is 2.16. The molecule has 0 aliphatic rings. The van der Waals surface area contributed by atoms with E-state index < -0.39 is 22.0 Å². The Balaban J connectivity index is 3.21. The minimum absolute atomic E-state index is 0.0989. The summed E-state index contributed by atoms with van der Waals surface area (Å²) in [7, 11) is -4.08. The minimum atomic E-state index is -4.08. The second kappa shape index (κ2) is 4.48. The number of rotatable bonds is 4. The number of carbonyl (C=O) groups is 1. The van der Waals surface area contributed by atoms with Crippen LogP contribution in [0.5, 0.6) is 0 Å². The van der Waals surface area contributed by atoms with Gasteiger partial charge in [-0.3, -0.25) is 4.79 Å². The van der Waals surface area contributed by atoms with Gasteiger partial charge >= 0.3 is 0 Å². The molecule has 0 atom stereocenters. The highest BCUT2D eigenvalue weighted by molar-refractivity contribution is 7.91. The number of hydrogen-bond donors (Lipinski definition) is 0. The molecule has 6 heteroatoms. The van der Waals surface area contributed by atoms with Gasteiger partial charge in [0, 0.05) is 5.56 Å². The Morgan fingerprint density at radius 3 is 2.40 bits per heavy atom. The van der Waals surface area contributed by atoms with Crippen molar-refractivity contribution in [1.82, 2.24) is 0 Å². The van der Waals surface area contributed by atoms with Crippen molar-refractivity contribution in [2.24, 2.45) is 0 Å². The normalized spacial score (nSPS) is 11.7. The molecule has 15 heavy (non-hydrogen) atoms. The third-order valence-corrected chi connectivity index (χ3v) is 3.46. The number of carbonyl (C=O) groups excluding carboxylic acids is 1. The Morgan fingerprint density at radius 1 is 1.27 bits per heavy atom. The summed E-state index contributed by atoms with van der Waals surface area (Å²) in [5.41, 5.74) is -0.0989. The van der Waals surface area contributed by atoms with E-state index in [1.54, 1.807) is 0 Å². The number of aldehydes is 1. The first-order chi connectivity index (χ1) is 6.97. The molecule has 0 heterocycles. The van der Waals surface area contributed by atoms with Gasteiger partial charge in [0.15, 0.2) is 16.1 Å². The van der Waals surface area contributed by atoms with Crippen molar-refractivity contribution >= 4 is 16.1 Å². The molecule has 0 radical (unpaired) electrons. The number of halogens is 2. The standard InChI is InChI=1S/C9H8F2O3S/c10-9(11)6-15(13,14)8-4-2-1-3-7(8)5-12/h1-5,9H,6H2. The van der Waals surface area contributed by atoms with Crippen molar-refractivity contribution in [2.45, 2.75) is 11.3 Å². The molecule has 0 spiro atoms. The molecule has 0 unspecified atom stereocenters. The Labute approximate surface area is 85.6 Å². The van der Waals surface area contributed by atoms with Crippen molar-refractivity contribution in [3.63, 3.8) is 0 Å². The van der Waals surface area contributed by atoms with E-state index in [0.717, 1.165) is 6.07 Å². The first-order valence-corrected chi connectivity index (χ1v) is 5.67. The van der Waals surface area contributed by atoms with Crippen LogP contribution in [-0.4, -0.2) is 26.9 Å². The molecule has 0 aliphatic carbocycles. The maximum absolute atomic E-state index is 12.0. The zero-order chi connectivity index (χ0) is 11.5. The lowest BCUT2D eigenvalue weighted by molar-refractivity contribution is 0.112. The van der Waals surface area contributed by atoms with Crippen LogP contribution < -0.4 is 0 Å². The lowest BCUT2D eigenvalue weighted by Crippen LogP contribution is -2.15. The number of hydrogen-bond acceptors (Lipinski definition) is 3. The molecule has 3 nitrogen and oxygen atoms in total. The number of alkyl halides is 2. The first kappa shape index (κ1) is 11.8. The van der Waals surface area contributed by atoms with Gasteiger partial charge in [-0.2, -0.15) is 0 Å². The molecule has 0 N–H and O–H groups in total. The van der Waals surface area contributed by atoms with Crippen LogP contribution in [0.2, 0.25) is 0 Å². The van der Waals surface area contributed by atoms with Crippen LogP contribution in [0.15, 0.2) is 29.2 Å². The molecule has 1 aromatic rings. The van der Waals surface area contributed by atoms with Crippen LogP contribution in [-0.2, 0) is 9.84 Å². The van der Waals surface area contributed by atoms with Crippen LogP contribution in [0.3, 0.4) is 0 Å². The molecule has 0 saturated carbocycles. The van der Waals surface area contributed by atoms with Crippen molar-refractivity contribution < 1.29 is 22.0 Å². The number of sulfone groups is 1. The third-order valence-electron chi connectivity index (χ3n) is 1.73. The maximum atomic E-state index is 12.0. The fourth-order valence-corrected chi connectivity index (χ4v) is 2.39. The van der Waals surface area contributed by atoms with Gasteiger partial charge < -0.3 is 0 Å². The van der Waals surface area contributed by atoms with Crippen molar-refractivity contribution in [1.29, 1.82) is 0 Å². The largest absolute Gasteiger partial charge is 0.298 e. The lowest BCUT2D eigenvalue weighted by Gasteiger charge is -2.05. The van der Waals surface area contributed by atoms with Crippen LogP contribution in [0.25, 0.3) is 0 Å². The summed E-state index contributed by atoms with van der Waals surface area (Å²) in [5, 5.41) is 0. The summed E-state index contributed by atoms with van der Waals surface area (Å²) < 4.78 is 46.7. The Morgan fingerprint density at radius 2 is 1.87 bits per heavy atom. The topological polar surface area (TPSA) is 51.2 Å². The first-order valence-electron chi connectivity index (χ1n) is 4.02. The molecule has 0 fully saturated rings. The lowest BCUT2D eigenvalue weighted by atomic mass is 10.2. The van der Waals surface area contributed by atoms with Gasteiger partial charge in [0.25, 0.3) is 6.43 Å². The maximum Gasteiger partial charge on any atom is 0.252 e. The van der Waals surface area contributed by atoms with E-state index in [-0.39, 0.29) is 10.5 Å². The summed E-state index contributed by atoms with van der Waals surface area (Å²) >= 11 is 0. The molecule has 0 aliphatic heterocycles. The van der Waals surface area contributed by atoms with E-state index in [1.807, 2.05) is 0 Å². The molecule has 0 amide bonds. The molecule has 0 saturated heterocycles. The van der Waals surface area contributed by atoms with Gasteiger partial charge in [0.2, 0.25) is 0 Å². The SMILES string of the molecule is O=Cc1ccccc1S(=O)(=O)CC(F)F. The van der Waals surface area contributed by atoms with Gasteiger partial charge in [0.05, 0.1) is 4.90 Å². The van der Waals surface area contributed by atoms with Gasteiger partial charge in [-0.15, -0.1) is 0 Å². The van der Waals surface area contributed by atoms with Crippen LogP contribution in [0, 0.1) is 0 Å². The quantitative estimate of drug-likeness (QED) is 0.742. The molecule has 0 bridgehead atoms. The van der Waals surface area contributed by atoms with E-state index in [2.05, 4.69) is 0 Å². The number of benzene rings is 1. The van der Waals surface area contributed by atoms with Crippen molar-refractivity contribution in [2.75, 3.05) is 5.75 Å². The summed E-state index contributed by atoms with van der Waals surface area (Å²) in [6, 6.07) is 5.25. The second-order valence-corrected chi connectivity index (χ2v) is 4.83. The molecule has 0 aromatic heterocycles. The fourth-order valence-electron chi connectivity index (χ4n) is 1.12. The second-order valence-electron chi connectivity index (χ2n) is 2.83. The smallest absolute Gasteiger partial charge is 0.252 e. The zero-order valence-corrected chi connectivity index (χ0v) is 8.38. The summed E-state index contributed by atoms with van der Waals surface area (Å²) in [6.45, 7) is 0. The molecule has 1 aromatic carbocycles. The minimum Gasteiger partial charge on any atom is -0.298 e. The van der Waals surface area contributed by atoms with E-state index in [1.165, 1.54) is 18.2 Å². The monoisotopic (exact) mass is 234 g/mol. The van der Waals surface area contributed by atoms with E-state index in [4.69, 9.17) is 0 Å². The Kier molecular flexibility index (Phi) is 3.52. The third kappa shape index (κ3) is 2.82. The van der Waals surface area contributed by atoms with Gasteiger partial charge in [-0.1, -0.05) is 18.2 Å². The van der Waals surface area contributed by atoms with Gasteiger partial charge in [-0.05, 0) is 6.07 Å². The molecular weight excluding hydrogens is 226 g/mol. The summed E-state index contributed by atoms with van der Waals surface area (Å²) in [4.78, 5) is 10.2. The Hall–Kier alpha value is -1.30.